The molecule has 0 N–H and O–H groups in total. The maximum absolute atomic E-state index is 12.1. The zero-order valence-corrected chi connectivity index (χ0v) is 17.3. The van der Waals surface area contributed by atoms with E-state index < -0.39 is 15.7 Å². The summed E-state index contributed by atoms with van der Waals surface area (Å²) in [6, 6.07) is 6.51. The molecule has 0 atom stereocenters. The number of likely N-dealkylation sites (tertiary alicyclic amines) is 1. The summed E-state index contributed by atoms with van der Waals surface area (Å²) in [4.78, 5) is 13.8. The number of ether oxygens (including phenoxy) is 2. The van der Waals surface area contributed by atoms with Crippen molar-refractivity contribution < 1.29 is 26.9 Å². The topological polar surface area (TPSA) is 82.1 Å². The van der Waals surface area contributed by atoms with E-state index in [0.717, 1.165) is 5.56 Å². The SMILES string of the molecule is Cc1ccc(S(=O)(=O)OCCOC2CCN(C(=O)OC(C)(C)C)CC2)cc1. The van der Waals surface area contributed by atoms with Gasteiger partial charge in [0.25, 0.3) is 10.1 Å². The Morgan fingerprint density at radius 3 is 2.26 bits per heavy atom. The number of benzene rings is 1. The van der Waals surface area contributed by atoms with E-state index in [1.807, 2.05) is 27.7 Å². The summed E-state index contributed by atoms with van der Waals surface area (Å²) >= 11 is 0. The van der Waals surface area contributed by atoms with Crippen molar-refractivity contribution in [3.63, 3.8) is 0 Å². The molecule has 152 valence electrons. The van der Waals surface area contributed by atoms with Gasteiger partial charge in [-0.3, -0.25) is 4.18 Å². The molecule has 0 unspecified atom stereocenters. The van der Waals surface area contributed by atoms with E-state index in [9.17, 15) is 13.2 Å². The average Bonchev–Trinajstić information content (AvgIpc) is 2.58. The molecule has 2 rings (SSSR count). The Bertz CT molecular complexity index is 716. The van der Waals surface area contributed by atoms with Gasteiger partial charge in [0.2, 0.25) is 0 Å². The third-order valence-corrected chi connectivity index (χ3v) is 5.41. The Hall–Kier alpha value is -1.64. The van der Waals surface area contributed by atoms with E-state index in [2.05, 4.69) is 0 Å². The smallest absolute Gasteiger partial charge is 0.410 e. The molecular formula is C19H29NO6S. The van der Waals surface area contributed by atoms with Crippen LogP contribution in [0.3, 0.4) is 0 Å². The lowest BCUT2D eigenvalue weighted by Gasteiger charge is -2.33. The molecule has 0 radical (unpaired) electrons. The molecule has 1 heterocycles. The minimum Gasteiger partial charge on any atom is -0.444 e. The molecule has 8 heteroatoms. The van der Waals surface area contributed by atoms with Crippen molar-refractivity contribution in [1.82, 2.24) is 4.90 Å². The van der Waals surface area contributed by atoms with Crippen molar-refractivity contribution in [2.75, 3.05) is 26.3 Å². The first-order valence-electron chi connectivity index (χ1n) is 9.12. The largest absolute Gasteiger partial charge is 0.444 e. The number of carbonyl (C=O) groups is 1. The second kappa shape index (κ2) is 9.03. The molecule has 1 aromatic rings. The Morgan fingerprint density at radius 2 is 1.70 bits per heavy atom. The Labute approximate surface area is 161 Å². The van der Waals surface area contributed by atoms with Crippen LogP contribution in [-0.2, 0) is 23.8 Å². The molecule has 1 aliphatic rings. The summed E-state index contributed by atoms with van der Waals surface area (Å²) in [5.74, 6) is 0. The molecule has 1 aromatic carbocycles. The predicted molar refractivity (Wildman–Crippen MR) is 101 cm³/mol. The first-order chi connectivity index (χ1) is 12.6. The van der Waals surface area contributed by atoms with Crippen LogP contribution in [0.2, 0.25) is 0 Å². The second-order valence-electron chi connectivity index (χ2n) is 7.63. The molecule has 0 spiro atoms. The molecule has 0 aromatic heterocycles. The van der Waals surface area contributed by atoms with Crippen LogP contribution >= 0.6 is 0 Å². The van der Waals surface area contributed by atoms with E-state index in [1.165, 1.54) is 12.1 Å². The van der Waals surface area contributed by atoms with Crippen molar-refractivity contribution >= 4 is 16.2 Å². The van der Waals surface area contributed by atoms with Crippen molar-refractivity contribution in [3.8, 4) is 0 Å². The van der Waals surface area contributed by atoms with E-state index in [1.54, 1.807) is 17.0 Å². The minimum atomic E-state index is -3.77. The molecule has 0 aliphatic carbocycles. The van der Waals surface area contributed by atoms with Crippen LogP contribution in [0.4, 0.5) is 4.79 Å². The van der Waals surface area contributed by atoms with Crippen LogP contribution in [0.15, 0.2) is 29.2 Å². The molecule has 1 saturated heterocycles. The van der Waals surface area contributed by atoms with Gasteiger partial charge in [-0.2, -0.15) is 8.42 Å². The van der Waals surface area contributed by atoms with Gasteiger partial charge >= 0.3 is 6.09 Å². The number of hydrogen-bond donors (Lipinski definition) is 0. The van der Waals surface area contributed by atoms with Crippen molar-refractivity contribution in [3.05, 3.63) is 29.8 Å². The zero-order chi connectivity index (χ0) is 20.1. The fourth-order valence-corrected chi connectivity index (χ4v) is 3.56. The molecule has 0 bridgehead atoms. The van der Waals surface area contributed by atoms with Gasteiger partial charge in [0, 0.05) is 13.1 Å². The molecule has 1 fully saturated rings. The van der Waals surface area contributed by atoms with Gasteiger partial charge in [0.1, 0.15) is 5.60 Å². The van der Waals surface area contributed by atoms with Crippen molar-refractivity contribution in [1.29, 1.82) is 0 Å². The maximum atomic E-state index is 12.1. The summed E-state index contributed by atoms with van der Waals surface area (Å²) in [6.45, 7) is 8.66. The fourth-order valence-electron chi connectivity index (χ4n) is 2.66. The van der Waals surface area contributed by atoms with E-state index in [-0.39, 0.29) is 30.3 Å². The van der Waals surface area contributed by atoms with Gasteiger partial charge in [0.05, 0.1) is 24.2 Å². The third-order valence-electron chi connectivity index (χ3n) is 4.08. The van der Waals surface area contributed by atoms with Crippen LogP contribution in [0.25, 0.3) is 0 Å². The van der Waals surface area contributed by atoms with Crippen molar-refractivity contribution in [2.45, 2.75) is 57.1 Å². The van der Waals surface area contributed by atoms with E-state index >= 15 is 0 Å². The lowest BCUT2D eigenvalue weighted by atomic mass is 10.1. The Morgan fingerprint density at radius 1 is 1.11 bits per heavy atom. The van der Waals surface area contributed by atoms with Gasteiger partial charge < -0.3 is 14.4 Å². The van der Waals surface area contributed by atoms with E-state index in [0.29, 0.717) is 25.9 Å². The minimum absolute atomic E-state index is 0.0191. The molecule has 1 aliphatic heterocycles. The van der Waals surface area contributed by atoms with Crippen LogP contribution in [0.1, 0.15) is 39.2 Å². The fraction of sp³-hybridized carbons (Fsp3) is 0.632. The Balaban J connectivity index is 1.68. The number of nitrogens with zero attached hydrogens (tertiary/aromatic N) is 1. The van der Waals surface area contributed by atoms with Gasteiger partial charge in [-0.1, -0.05) is 17.7 Å². The predicted octanol–water partition coefficient (Wildman–Crippen LogP) is 3.12. The third kappa shape index (κ3) is 7.12. The monoisotopic (exact) mass is 399 g/mol. The van der Waals surface area contributed by atoms with Crippen LogP contribution in [0.5, 0.6) is 0 Å². The zero-order valence-electron chi connectivity index (χ0n) is 16.4. The first-order valence-corrected chi connectivity index (χ1v) is 10.5. The number of amides is 1. The Kier molecular flexibility index (Phi) is 7.25. The lowest BCUT2D eigenvalue weighted by molar-refractivity contribution is -0.0173. The number of carbonyl (C=O) groups excluding carboxylic acids is 1. The normalized spacial score (nSPS) is 16.4. The molecule has 7 nitrogen and oxygen atoms in total. The highest BCUT2D eigenvalue weighted by Crippen LogP contribution is 2.18. The van der Waals surface area contributed by atoms with Gasteiger partial charge in [-0.15, -0.1) is 0 Å². The molecule has 27 heavy (non-hydrogen) atoms. The summed E-state index contributed by atoms with van der Waals surface area (Å²) in [7, 11) is -3.77. The standard InChI is InChI=1S/C19H29NO6S/c1-15-5-7-17(8-6-15)27(22,23)25-14-13-24-16-9-11-20(12-10-16)18(21)26-19(2,3)4/h5-8,16H,9-14H2,1-4H3. The summed E-state index contributed by atoms with van der Waals surface area (Å²) in [5, 5.41) is 0. The number of piperidine rings is 1. The first kappa shape index (κ1) is 21.7. The van der Waals surface area contributed by atoms with Crippen LogP contribution < -0.4 is 0 Å². The van der Waals surface area contributed by atoms with Gasteiger partial charge in [0.15, 0.2) is 0 Å². The number of hydrogen-bond acceptors (Lipinski definition) is 6. The number of aryl methyl sites for hydroxylation is 1. The summed E-state index contributed by atoms with van der Waals surface area (Å²) in [5.41, 5.74) is 0.472. The van der Waals surface area contributed by atoms with Crippen LogP contribution in [-0.4, -0.2) is 57.4 Å². The number of rotatable bonds is 6. The highest BCUT2D eigenvalue weighted by Gasteiger charge is 2.27. The average molecular weight is 400 g/mol. The second-order valence-corrected chi connectivity index (χ2v) is 9.24. The summed E-state index contributed by atoms with van der Waals surface area (Å²) in [6.07, 6.45) is 1.04. The van der Waals surface area contributed by atoms with Crippen molar-refractivity contribution in [2.24, 2.45) is 0 Å². The summed E-state index contributed by atoms with van der Waals surface area (Å²) < 4.78 is 40.3. The van der Waals surface area contributed by atoms with E-state index in [4.69, 9.17) is 13.7 Å². The van der Waals surface area contributed by atoms with Gasteiger partial charge in [-0.25, -0.2) is 4.79 Å². The molecule has 1 amide bonds. The lowest BCUT2D eigenvalue weighted by Crippen LogP contribution is -2.43. The highest BCUT2D eigenvalue weighted by molar-refractivity contribution is 7.86. The molecular weight excluding hydrogens is 370 g/mol. The van der Waals surface area contributed by atoms with Crippen LogP contribution in [0, 0.1) is 6.92 Å². The quantitative estimate of drug-likeness (QED) is 0.540. The highest BCUT2D eigenvalue weighted by atomic mass is 32.2. The maximum Gasteiger partial charge on any atom is 0.410 e. The molecule has 0 saturated carbocycles. The van der Waals surface area contributed by atoms with Gasteiger partial charge in [-0.05, 0) is 52.7 Å².